The maximum absolute atomic E-state index is 11.8. The molecule has 0 aliphatic heterocycles. The average molecular weight is 214 g/mol. The smallest absolute Gasteiger partial charge is 0.251 e. The first kappa shape index (κ1) is 12.5. The summed E-state index contributed by atoms with van der Waals surface area (Å²) in [6.07, 6.45) is 0.846. The number of carbonyl (C=O) groups is 1. The molecule has 0 bridgehead atoms. The molecule has 1 fully saturated rings. The summed E-state index contributed by atoms with van der Waals surface area (Å²) in [6, 6.07) is 0.336. The van der Waals surface area contributed by atoms with Crippen LogP contribution in [-0.4, -0.2) is 30.7 Å². The van der Waals surface area contributed by atoms with Crippen LogP contribution >= 0.6 is 0 Å². The third kappa shape index (κ3) is 2.16. The molecule has 15 heavy (non-hydrogen) atoms. The predicted molar refractivity (Wildman–Crippen MR) is 59.4 cm³/mol. The minimum atomic E-state index is -0.768. The fourth-order valence-electron chi connectivity index (χ4n) is 1.63. The molecule has 0 saturated heterocycles. The van der Waals surface area contributed by atoms with Crippen molar-refractivity contribution in [3.8, 4) is 0 Å². The van der Waals surface area contributed by atoms with Gasteiger partial charge in [0.25, 0.3) is 5.91 Å². The highest BCUT2D eigenvalue weighted by molar-refractivity contribution is 5.84. The Balaban J connectivity index is 2.55. The van der Waals surface area contributed by atoms with Gasteiger partial charge in [-0.3, -0.25) is 4.79 Å². The Hall–Kier alpha value is -0.610. The maximum Gasteiger partial charge on any atom is 0.251 e. The zero-order chi connectivity index (χ0) is 11.9. The summed E-state index contributed by atoms with van der Waals surface area (Å²) in [5.41, 5.74) is 5.10. The number of carbonyl (C=O) groups excluding carboxylic acids is 1. The molecule has 4 heteroatoms. The third-order valence-corrected chi connectivity index (χ3v) is 3.71. The van der Waals surface area contributed by atoms with Gasteiger partial charge in [0, 0.05) is 24.6 Å². The zero-order valence-corrected chi connectivity index (χ0v) is 10.3. The molecule has 0 radical (unpaired) electrons. The molecule has 0 aromatic heterocycles. The fraction of sp³-hybridized carbons (Fsp3) is 0.909. The van der Waals surface area contributed by atoms with Crippen LogP contribution in [0.3, 0.4) is 0 Å². The molecule has 0 aromatic rings. The summed E-state index contributed by atoms with van der Waals surface area (Å²) in [5, 5.41) is 2.98. The highest BCUT2D eigenvalue weighted by Gasteiger charge is 2.47. The van der Waals surface area contributed by atoms with Crippen molar-refractivity contribution < 1.29 is 9.53 Å². The Kier molecular flexibility index (Phi) is 3.12. The molecule has 1 aliphatic rings. The van der Waals surface area contributed by atoms with Crippen LogP contribution in [-0.2, 0) is 9.53 Å². The second-order valence-corrected chi connectivity index (χ2v) is 5.40. The van der Waals surface area contributed by atoms with E-state index in [9.17, 15) is 4.79 Å². The van der Waals surface area contributed by atoms with E-state index in [-0.39, 0.29) is 23.4 Å². The summed E-state index contributed by atoms with van der Waals surface area (Å²) in [4.78, 5) is 11.8. The number of rotatable bonds is 3. The van der Waals surface area contributed by atoms with E-state index in [1.54, 1.807) is 13.8 Å². The van der Waals surface area contributed by atoms with Crippen LogP contribution in [0, 0.1) is 5.41 Å². The van der Waals surface area contributed by atoms with Gasteiger partial charge < -0.3 is 15.8 Å². The lowest BCUT2D eigenvalue weighted by molar-refractivity contribution is -0.142. The summed E-state index contributed by atoms with van der Waals surface area (Å²) in [6.45, 7) is 7.67. The second kappa shape index (κ2) is 3.76. The summed E-state index contributed by atoms with van der Waals surface area (Å²) >= 11 is 0. The number of ether oxygens (including phenoxy) is 1. The molecule has 4 nitrogen and oxygen atoms in total. The van der Waals surface area contributed by atoms with E-state index < -0.39 is 5.60 Å². The number of nitrogens with two attached hydrogens (primary N) is 1. The third-order valence-electron chi connectivity index (χ3n) is 3.71. The first-order chi connectivity index (χ1) is 6.71. The van der Waals surface area contributed by atoms with Crippen molar-refractivity contribution in [2.75, 3.05) is 7.11 Å². The Bertz CT molecular complexity index is 261. The number of methoxy groups -OCH3 is 1. The predicted octanol–water partition coefficient (Wildman–Crippen LogP) is 0.653. The lowest BCUT2D eigenvalue weighted by atomic mass is 9.63. The molecule has 0 aromatic carbocycles. The molecule has 2 unspecified atom stereocenters. The molecule has 3 N–H and O–H groups in total. The van der Waals surface area contributed by atoms with E-state index in [1.165, 1.54) is 7.11 Å². The van der Waals surface area contributed by atoms with Crippen LogP contribution < -0.4 is 11.1 Å². The molecule has 88 valence electrons. The van der Waals surface area contributed by atoms with Crippen molar-refractivity contribution in [1.29, 1.82) is 0 Å². The molecule has 1 amide bonds. The van der Waals surface area contributed by atoms with E-state index in [0.29, 0.717) is 0 Å². The quantitative estimate of drug-likeness (QED) is 0.725. The first-order valence-electron chi connectivity index (χ1n) is 5.33. The largest absolute Gasteiger partial charge is 0.369 e. The minimum absolute atomic E-state index is 0.0144. The van der Waals surface area contributed by atoms with E-state index in [2.05, 4.69) is 19.2 Å². The van der Waals surface area contributed by atoms with Gasteiger partial charge in [-0.15, -0.1) is 0 Å². The van der Waals surface area contributed by atoms with Crippen LogP contribution in [0.5, 0.6) is 0 Å². The van der Waals surface area contributed by atoms with Crippen LogP contribution in [0.2, 0.25) is 0 Å². The van der Waals surface area contributed by atoms with Crippen LogP contribution in [0.25, 0.3) is 0 Å². The van der Waals surface area contributed by atoms with Gasteiger partial charge in [0.15, 0.2) is 0 Å². The highest BCUT2D eigenvalue weighted by Crippen LogP contribution is 2.39. The standard InChI is InChI=1S/C11H22N2O2/c1-10(2)7(12)6-8(10)13-9(14)11(3,4)15-5/h7-8H,6,12H2,1-5H3,(H,13,14). The van der Waals surface area contributed by atoms with Crippen LogP contribution in [0.4, 0.5) is 0 Å². The van der Waals surface area contributed by atoms with Gasteiger partial charge >= 0.3 is 0 Å². The molecule has 0 spiro atoms. The molecule has 2 atom stereocenters. The highest BCUT2D eigenvalue weighted by atomic mass is 16.5. The molecule has 0 heterocycles. The van der Waals surface area contributed by atoms with Crippen molar-refractivity contribution in [1.82, 2.24) is 5.32 Å². The summed E-state index contributed by atoms with van der Waals surface area (Å²) in [7, 11) is 1.54. The second-order valence-electron chi connectivity index (χ2n) is 5.40. The van der Waals surface area contributed by atoms with Gasteiger partial charge in [0.1, 0.15) is 5.60 Å². The molecule has 1 saturated carbocycles. The first-order valence-corrected chi connectivity index (χ1v) is 5.33. The van der Waals surface area contributed by atoms with Gasteiger partial charge in [0.05, 0.1) is 0 Å². The Morgan fingerprint density at radius 1 is 1.53 bits per heavy atom. The average Bonchev–Trinajstić information content (AvgIpc) is 2.17. The molecule has 1 rings (SSSR count). The van der Waals surface area contributed by atoms with E-state index in [1.807, 2.05) is 0 Å². The number of hydrogen-bond donors (Lipinski definition) is 2. The maximum atomic E-state index is 11.8. The van der Waals surface area contributed by atoms with Crippen LogP contribution in [0.1, 0.15) is 34.1 Å². The van der Waals surface area contributed by atoms with E-state index in [4.69, 9.17) is 10.5 Å². The lowest BCUT2D eigenvalue weighted by Gasteiger charge is -2.51. The van der Waals surface area contributed by atoms with Gasteiger partial charge in [-0.1, -0.05) is 13.8 Å². The monoisotopic (exact) mass is 214 g/mol. The SMILES string of the molecule is COC(C)(C)C(=O)NC1CC(N)C1(C)C. The summed E-state index contributed by atoms with van der Waals surface area (Å²) in [5.74, 6) is -0.0741. The molecular formula is C11H22N2O2. The molecule has 1 aliphatic carbocycles. The number of nitrogens with one attached hydrogen (secondary N) is 1. The Labute approximate surface area is 91.5 Å². The van der Waals surface area contributed by atoms with Gasteiger partial charge in [0.2, 0.25) is 0 Å². The van der Waals surface area contributed by atoms with Crippen molar-refractivity contribution in [2.24, 2.45) is 11.1 Å². The topological polar surface area (TPSA) is 64.3 Å². The van der Waals surface area contributed by atoms with E-state index in [0.717, 1.165) is 6.42 Å². The minimum Gasteiger partial charge on any atom is -0.369 e. The van der Waals surface area contributed by atoms with Gasteiger partial charge in [-0.25, -0.2) is 0 Å². The lowest BCUT2D eigenvalue weighted by Crippen LogP contribution is -2.66. The summed E-state index contributed by atoms with van der Waals surface area (Å²) < 4.78 is 5.12. The Morgan fingerprint density at radius 2 is 2.07 bits per heavy atom. The number of hydrogen-bond acceptors (Lipinski definition) is 3. The number of amides is 1. The van der Waals surface area contributed by atoms with Crippen molar-refractivity contribution in [3.05, 3.63) is 0 Å². The van der Waals surface area contributed by atoms with Crippen LogP contribution in [0.15, 0.2) is 0 Å². The van der Waals surface area contributed by atoms with Gasteiger partial charge in [-0.05, 0) is 20.3 Å². The van der Waals surface area contributed by atoms with E-state index >= 15 is 0 Å². The fourth-order valence-corrected chi connectivity index (χ4v) is 1.63. The van der Waals surface area contributed by atoms with Crippen molar-refractivity contribution >= 4 is 5.91 Å². The van der Waals surface area contributed by atoms with Crippen molar-refractivity contribution in [3.63, 3.8) is 0 Å². The normalized spacial score (nSPS) is 29.5. The molecular weight excluding hydrogens is 192 g/mol. The zero-order valence-electron chi connectivity index (χ0n) is 10.3. The van der Waals surface area contributed by atoms with Crippen molar-refractivity contribution in [2.45, 2.75) is 51.8 Å². The Morgan fingerprint density at radius 3 is 2.40 bits per heavy atom. The van der Waals surface area contributed by atoms with Gasteiger partial charge in [-0.2, -0.15) is 0 Å².